The van der Waals surface area contributed by atoms with Gasteiger partial charge in [-0.3, -0.25) is 4.79 Å². The molecule has 10 rings (SSSR count). The predicted octanol–water partition coefficient (Wildman–Crippen LogP) is 14.2. The fraction of sp³-hybridized carbons (Fsp3) is 0.0200. The summed E-state index contributed by atoms with van der Waals surface area (Å²) in [5, 5.41) is 12.2. The molecular weight excluding hydrogens is 872 g/mol. The molecule has 0 saturated carbocycles. The number of benzene rings is 8. The van der Waals surface area contributed by atoms with Crippen molar-refractivity contribution in [3.05, 3.63) is 235 Å². The second-order valence-electron chi connectivity index (χ2n) is 13.2. The van der Waals surface area contributed by atoms with Crippen LogP contribution in [0, 0.1) is 0 Å². The van der Waals surface area contributed by atoms with E-state index in [1.165, 1.54) is 11.1 Å². The third-order valence-electron chi connectivity index (χ3n) is 10.1. The Morgan fingerprint density at radius 1 is 0.291 bits per heavy atom. The van der Waals surface area contributed by atoms with Crippen LogP contribution in [0.1, 0.15) is 32.6 Å². The van der Waals surface area contributed by atoms with Crippen LogP contribution in [0.25, 0.3) is 44.5 Å². The number of fused-ring (bicyclic) bond motifs is 6. The highest BCUT2D eigenvalue weighted by Crippen LogP contribution is 2.53. The van der Waals surface area contributed by atoms with Gasteiger partial charge in [0, 0.05) is 41.2 Å². The summed E-state index contributed by atoms with van der Waals surface area (Å²) in [5.41, 5.74) is 12.1. The molecule has 2 aliphatic carbocycles. The van der Waals surface area contributed by atoms with Crippen molar-refractivity contribution in [1.82, 2.24) is 0 Å². The van der Waals surface area contributed by atoms with Crippen LogP contribution < -0.4 is 0 Å². The fourth-order valence-corrected chi connectivity index (χ4v) is 9.05. The number of aliphatic hydroxyl groups is 1. The SMILES string of the molecule is Brc1ccccc1-c1ccccc1Br.O=C1c2ccccc2-c2ccccc21.OC1(c2ccccc2-c2ccccc2Br)c2ccccc2-c2ccccc21. The van der Waals surface area contributed by atoms with Crippen molar-refractivity contribution in [2.75, 3.05) is 0 Å². The Balaban J connectivity index is 0.000000128. The van der Waals surface area contributed by atoms with Crippen LogP contribution in [0.3, 0.4) is 0 Å². The number of rotatable bonds is 3. The van der Waals surface area contributed by atoms with E-state index in [-0.39, 0.29) is 5.78 Å². The summed E-state index contributed by atoms with van der Waals surface area (Å²) in [6, 6.07) is 64.5. The maximum absolute atomic E-state index is 12.2. The van der Waals surface area contributed by atoms with Crippen molar-refractivity contribution in [3.63, 3.8) is 0 Å². The molecule has 2 aliphatic rings. The van der Waals surface area contributed by atoms with Gasteiger partial charge in [-0.2, -0.15) is 0 Å². The Bertz CT molecular complexity index is 2560. The van der Waals surface area contributed by atoms with Gasteiger partial charge in [0.2, 0.25) is 0 Å². The van der Waals surface area contributed by atoms with Gasteiger partial charge in [-0.25, -0.2) is 0 Å². The van der Waals surface area contributed by atoms with Gasteiger partial charge < -0.3 is 5.11 Å². The van der Waals surface area contributed by atoms with E-state index in [4.69, 9.17) is 0 Å². The Kier molecular flexibility index (Phi) is 10.6. The first-order valence-electron chi connectivity index (χ1n) is 17.9. The van der Waals surface area contributed by atoms with Gasteiger partial charge in [-0.05, 0) is 62.7 Å². The molecule has 0 fully saturated rings. The first-order chi connectivity index (χ1) is 26.9. The molecule has 0 saturated heterocycles. The van der Waals surface area contributed by atoms with Crippen molar-refractivity contribution in [3.8, 4) is 44.5 Å². The lowest BCUT2D eigenvalue weighted by atomic mass is 9.80. The van der Waals surface area contributed by atoms with Crippen LogP contribution in [0.15, 0.2) is 208 Å². The predicted molar refractivity (Wildman–Crippen MR) is 236 cm³/mol. The third-order valence-corrected chi connectivity index (χ3v) is 12.2. The van der Waals surface area contributed by atoms with E-state index in [1.807, 2.05) is 146 Å². The lowest BCUT2D eigenvalue weighted by Gasteiger charge is -2.29. The maximum atomic E-state index is 12.2. The van der Waals surface area contributed by atoms with Gasteiger partial charge in [-0.1, -0.05) is 224 Å². The molecule has 0 bridgehead atoms. The summed E-state index contributed by atoms with van der Waals surface area (Å²) in [4.78, 5) is 11.9. The zero-order valence-electron chi connectivity index (χ0n) is 29.5. The molecule has 2 nitrogen and oxygen atoms in total. The third kappa shape index (κ3) is 6.87. The molecule has 0 unspecified atom stereocenters. The summed E-state index contributed by atoms with van der Waals surface area (Å²) in [6.07, 6.45) is 0. The molecule has 0 radical (unpaired) electrons. The summed E-state index contributed by atoms with van der Waals surface area (Å²) in [6.45, 7) is 0. The van der Waals surface area contributed by atoms with Crippen molar-refractivity contribution in [2.45, 2.75) is 5.60 Å². The first-order valence-corrected chi connectivity index (χ1v) is 20.2. The first kappa shape index (κ1) is 36.8. The average Bonchev–Trinajstić information content (AvgIpc) is 3.67. The van der Waals surface area contributed by atoms with Crippen LogP contribution in [0.4, 0.5) is 0 Å². The summed E-state index contributed by atoms with van der Waals surface area (Å²) < 4.78 is 3.25. The van der Waals surface area contributed by atoms with Gasteiger partial charge in [-0.15, -0.1) is 0 Å². The topological polar surface area (TPSA) is 37.3 Å². The fourth-order valence-electron chi connectivity index (χ4n) is 7.55. The van der Waals surface area contributed by atoms with Crippen LogP contribution in [-0.4, -0.2) is 10.9 Å². The molecule has 0 spiro atoms. The van der Waals surface area contributed by atoms with Crippen molar-refractivity contribution in [1.29, 1.82) is 0 Å². The Hall–Kier alpha value is -5.17. The Morgan fingerprint density at radius 2 is 0.509 bits per heavy atom. The minimum absolute atomic E-state index is 0.149. The highest BCUT2D eigenvalue weighted by atomic mass is 79.9. The molecule has 0 heterocycles. The molecule has 0 atom stereocenters. The maximum Gasteiger partial charge on any atom is 0.194 e. The number of carbonyl (C=O) groups is 1. The number of ketones is 1. The van der Waals surface area contributed by atoms with E-state index in [2.05, 4.69) is 96.3 Å². The standard InChI is InChI=1S/C25H17BrO.C13H8O.C12H8Br2/c26-24-16-8-4-12-20(24)19-11-3-7-15-23(19)25(27)21-13-5-1-9-17(21)18-10-2-6-14-22(18)25;14-13-11-7-3-1-5-9(11)10-6-2-4-8-12(10)13;13-11-7-3-1-5-9(11)10-6-2-4-8-12(10)14/h1-16,27H;2*1-8H. The van der Waals surface area contributed by atoms with Crippen LogP contribution in [0.5, 0.6) is 0 Å². The van der Waals surface area contributed by atoms with E-state index in [0.29, 0.717) is 0 Å². The van der Waals surface area contributed by atoms with Gasteiger partial charge in [0.25, 0.3) is 0 Å². The van der Waals surface area contributed by atoms with Crippen LogP contribution in [0.2, 0.25) is 0 Å². The van der Waals surface area contributed by atoms with Crippen LogP contribution in [-0.2, 0) is 5.60 Å². The minimum atomic E-state index is -1.18. The Morgan fingerprint density at radius 3 is 0.836 bits per heavy atom. The zero-order chi connectivity index (χ0) is 37.9. The van der Waals surface area contributed by atoms with Crippen molar-refractivity contribution in [2.24, 2.45) is 0 Å². The van der Waals surface area contributed by atoms with E-state index >= 15 is 0 Å². The molecule has 0 aliphatic heterocycles. The summed E-state index contributed by atoms with van der Waals surface area (Å²) in [7, 11) is 0. The van der Waals surface area contributed by atoms with E-state index in [1.54, 1.807) is 0 Å². The number of halogens is 3. The molecular formula is C50H33Br3O2. The minimum Gasteiger partial charge on any atom is -0.376 e. The van der Waals surface area contributed by atoms with E-state index in [0.717, 1.165) is 74.6 Å². The van der Waals surface area contributed by atoms with Gasteiger partial charge in [0.05, 0.1) is 0 Å². The van der Waals surface area contributed by atoms with E-state index < -0.39 is 5.60 Å². The van der Waals surface area contributed by atoms with Gasteiger partial charge >= 0.3 is 0 Å². The summed E-state index contributed by atoms with van der Waals surface area (Å²) in [5.74, 6) is 0.149. The highest BCUT2D eigenvalue weighted by molar-refractivity contribution is 9.11. The molecule has 1 N–H and O–H groups in total. The van der Waals surface area contributed by atoms with Crippen LogP contribution >= 0.6 is 47.8 Å². The zero-order valence-corrected chi connectivity index (χ0v) is 34.2. The normalized spacial score (nSPS) is 12.5. The second-order valence-corrected chi connectivity index (χ2v) is 15.8. The molecule has 55 heavy (non-hydrogen) atoms. The Labute approximate surface area is 346 Å². The van der Waals surface area contributed by atoms with Gasteiger partial charge in [0.1, 0.15) is 5.60 Å². The summed E-state index contributed by atoms with van der Waals surface area (Å²) >= 11 is 10.8. The second kappa shape index (κ2) is 15.9. The largest absolute Gasteiger partial charge is 0.376 e. The highest BCUT2D eigenvalue weighted by Gasteiger charge is 2.44. The molecule has 266 valence electrons. The molecule has 8 aromatic rings. The van der Waals surface area contributed by atoms with E-state index in [9.17, 15) is 9.90 Å². The van der Waals surface area contributed by atoms with Crippen molar-refractivity contribution >= 4 is 53.6 Å². The molecule has 0 amide bonds. The number of hydrogen-bond acceptors (Lipinski definition) is 2. The number of carbonyl (C=O) groups excluding carboxylic acids is 1. The smallest absolute Gasteiger partial charge is 0.194 e. The number of hydrogen-bond donors (Lipinski definition) is 1. The monoisotopic (exact) mass is 902 g/mol. The molecule has 8 aromatic carbocycles. The quantitative estimate of drug-likeness (QED) is 0.192. The molecule has 0 aromatic heterocycles. The lowest BCUT2D eigenvalue weighted by Crippen LogP contribution is -2.27. The van der Waals surface area contributed by atoms with Gasteiger partial charge in [0.15, 0.2) is 5.78 Å². The molecule has 5 heteroatoms. The average molecular weight is 906 g/mol. The van der Waals surface area contributed by atoms with Crippen molar-refractivity contribution < 1.29 is 9.90 Å². The lowest BCUT2D eigenvalue weighted by molar-refractivity contribution is 0.104.